The van der Waals surface area contributed by atoms with Gasteiger partial charge in [0.2, 0.25) is 0 Å². The average Bonchev–Trinajstić information content (AvgIpc) is 2.33. The number of hydrogen-bond acceptors (Lipinski definition) is 2. The van der Waals surface area contributed by atoms with Crippen molar-refractivity contribution < 1.29 is 4.74 Å². The van der Waals surface area contributed by atoms with E-state index in [9.17, 15) is 0 Å². The van der Waals surface area contributed by atoms with E-state index >= 15 is 0 Å². The Morgan fingerprint density at radius 3 is 3.06 bits per heavy atom. The van der Waals surface area contributed by atoms with Crippen molar-refractivity contribution in [1.29, 1.82) is 0 Å². The van der Waals surface area contributed by atoms with Crippen LogP contribution < -0.4 is 0 Å². The van der Waals surface area contributed by atoms with Crippen LogP contribution in [0.4, 0.5) is 0 Å². The summed E-state index contributed by atoms with van der Waals surface area (Å²) in [5, 5.41) is 3.86. The second-order valence-electron chi connectivity index (χ2n) is 4.43. The minimum Gasteiger partial charge on any atom is -0.370 e. The summed E-state index contributed by atoms with van der Waals surface area (Å²) in [6.45, 7) is 0. The first-order valence-electron chi connectivity index (χ1n) is 5.66. The van der Waals surface area contributed by atoms with E-state index < -0.39 is 0 Å². The van der Waals surface area contributed by atoms with E-state index in [-0.39, 0.29) is 12.1 Å². The van der Waals surface area contributed by atoms with Gasteiger partial charge in [-0.05, 0) is 35.9 Å². The smallest absolute Gasteiger partial charge is 0.0916 e. The predicted octanol–water partition coefficient (Wildman–Crippen LogP) is 3.14. The van der Waals surface area contributed by atoms with Crippen LogP contribution in [0.3, 0.4) is 0 Å². The normalized spacial score (nSPS) is 31.4. The summed E-state index contributed by atoms with van der Waals surface area (Å²) >= 11 is 0. The molecule has 4 heteroatoms. The molecule has 3 rings (SSSR count). The summed E-state index contributed by atoms with van der Waals surface area (Å²) in [5.41, 5.74) is 11.1. The summed E-state index contributed by atoms with van der Waals surface area (Å²) in [5.74, 6) is 0. The summed E-state index contributed by atoms with van der Waals surface area (Å²) in [4.78, 5) is 2.92. The maximum atomic E-state index is 8.57. The Morgan fingerprint density at radius 1 is 1.31 bits per heavy atom. The van der Waals surface area contributed by atoms with Gasteiger partial charge >= 0.3 is 0 Å². The van der Waals surface area contributed by atoms with Crippen LogP contribution in [0, 0.1) is 0 Å². The quantitative estimate of drug-likeness (QED) is 0.403. The number of nitrogens with zero attached hydrogens (tertiary/aromatic N) is 3. The van der Waals surface area contributed by atoms with Crippen LogP contribution in [-0.4, -0.2) is 12.1 Å². The Hall–Kier alpha value is -1.51. The zero-order valence-corrected chi connectivity index (χ0v) is 8.91. The standard InChI is InChI=1S/C12H13N3O/c13-15-14-11-6-5-9-7-8-3-1-2-4-10(8)12(11)16-9/h1-4,9,11-12H,5-7H2/t9-,11+,12-/m1/s1. The first-order valence-corrected chi connectivity index (χ1v) is 5.66. The fraction of sp³-hybridized carbons (Fsp3) is 0.500. The van der Waals surface area contributed by atoms with Crippen LogP contribution in [0.25, 0.3) is 10.4 Å². The molecule has 1 aromatic carbocycles. The summed E-state index contributed by atoms with van der Waals surface area (Å²) < 4.78 is 5.95. The Kier molecular flexibility index (Phi) is 2.31. The molecule has 0 spiro atoms. The molecule has 1 fully saturated rings. The molecule has 2 bridgehead atoms. The van der Waals surface area contributed by atoms with Gasteiger partial charge in [-0.2, -0.15) is 0 Å². The molecule has 4 nitrogen and oxygen atoms in total. The lowest BCUT2D eigenvalue weighted by atomic mass is 9.84. The molecule has 16 heavy (non-hydrogen) atoms. The second kappa shape index (κ2) is 3.81. The third kappa shape index (κ3) is 1.47. The molecule has 0 N–H and O–H groups in total. The van der Waals surface area contributed by atoms with Crippen molar-refractivity contribution in [3.05, 3.63) is 45.8 Å². The fourth-order valence-electron chi connectivity index (χ4n) is 2.73. The van der Waals surface area contributed by atoms with Gasteiger partial charge in [-0.1, -0.05) is 29.4 Å². The second-order valence-corrected chi connectivity index (χ2v) is 4.43. The highest BCUT2D eigenvalue weighted by Crippen LogP contribution is 2.40. The van der Waals surface area contributed by atoms with Gasteiger partial charge in [-0.25, -0.2) is 0 Å². The number of benzene rings is 1. The average molecular weight is 215 g/mol. The topological polar surface area (TPSA) is 58.0 Å². The third-order valence-electron chi connectivity index (χ3n) is 3.48. The lowest BCUT2D eigenvalue weighted by Gasteiger charge is -2.40. The largest absolute Gasteiger partial charge is 0.370 e. The van der Waals surface area contributed by atoms with Crippen LogP contribution in [0.2, 0.25) is 0 Å². The number of fused-ring (bicyclic) bond motifs is 4. The van der Waals surface area contributed by atoms with E-state index in [4.69, 9.17) is 10.3 Å². The Bertz CT molecular complexity index is 453. The lowest BCUT2D eigenvalue weighted by molar-refractivity contribution is -0.0728. The molecule has 0 unspecified atom stereocenters. The zero-order valence-electron chi connectivity index (χ0n) is 8.91. The fourth-order valence-corrected chi connectivity index (χ4v) is 2.73. The summed E-state index contributed by atoms with van der Waals surface area (Å²) in [7, 11) is 0. The first kappa shape index (κ1) is 9.70. The van der Waals surface area contributed by atoms with Crippen molar-refractivity contribution >= 4 is 0 Å². The van der Waals surface area contributed by atoms with E-state index in [1.54, 1.807) is 0 Å². The van der Waals surface area contributed by atoms with E-state index in [2.05, 4.69) is 28.2 Å². The van der Waals surface area contributed by atoms with Gasteiger partial charge in [0.25, 0.3) is 0 Å². The molecule has 2 aliphatic heterocycles. The van der Waals surface area contributed by atoms with E-state index in [1.807, 2.05) is 6.07 Å². The monoisotopic (exact) mass is 215 g/mol. The van der Waals surface area contributed by atoms with Crippen molar-refractivity contribution in [2.75, 3.05) is 0 Å². The molecule has 3 atom stereocenters. The zero-order chi connectivity index (χ0) is 11.0. The molecular weight excluding hydrogens is 202 g/mol. The maximum Gasteiger partial charge on any atom is 0.0916 e. The molecule has 0 aliphatic carbocycles. The summed E-state index contributed by atoms with van der Waals surface area (Å²) in [6.07, 6.45) is 3.21. The van der Waals surface area contributed by atoms with Gasteiger partial charge < -0.3 is 4.74 Å². The van der Waals surface area contributed by atoms with Crippen molar-refractivity contribution in [3.63, 3.8) is 0 Å². The minimum atomic E-state index is -0.0392. The molecule has 0 aromatic heterocycles. The maximum absolute atomic E-state index is 8.57. The molecule has 82 valence electrons. The SMILES string of the molecule is [N-]=[N+]=N[C@H]1CC[C@@H]2Cc3ccccc3[C@H]1O2. The van der Waals surface area contributed by atoms with Gasteiger partial charge in [0.05, 0.1) is 18.2 Å². The molecule has 1 saturated heterocycles. The lowest BCUT2D eigenvalue weighted by Crippen LogP contribution is -2.37. The van der Waals surface area contributed by atoms with E-state index in [1.165, 1.54) is 11.1 Å². The minimum absolute atomic E-state index is 0.0281. The van der Waals surface area contributed by atoms with Crippen molar-refractivity contribution in [2.45, 2.75) is 37.5 Å². The number of azide groups is 1. The van der Waals surface area contributed by atoms with Crippen molar-refractivity contribution in [1.82, 2.24) is 0 Å². The van der Waals surface area contributed by atoms with Gasteiger partial charge in [-0.15, -0.1) is 0 Å². The Morgan fingerprint density at radius 2 is 2.19 bits per heavy atom. The molecule has 0 saturated carbocycles. The van der Waals surface area contributed by atoms with Gasteiger partial charge in [0.1, 0.15) is 0 Å². The van der Waals surface area contributed by atoms with Crippen LogP contribution in [0.15, 0.2) is 29.4 Å². The van der Waals surface area contributed by atoms with Gasteiger partial charge in [-0.3, -0.25) is 0 Å². The predicted molar refractivity (Wildman–Crippen MR) is 59.9 cm³/mol. The van der Waals surface area contributed by atoms with Crippen molar-refractivity contribution in [3.8, 4) is 0 Å². The number of rotatable bonds is 1. The Balaban J connectivity index is 2.03. The highest BCUT2D eigenvalue weighted by molar-refractivity contribution is 5.33. The van der Waals surface area contributed by atoms with Crippen LogP contribution >= 0.6 is 0 Å². The van der Waals surface area contributed by atoms with E-state index in [0.29, 0.717) is 6.10 Å². The Labute approximate surface area is 93.9 Å². The highest BCUT2D eigenvalue weighted by atomic mass is 16.5. The number of ether oxygens (including phenoxy) is 1. The molecule has 0 radical (unpaired) electrons. The number of hydrogen-bond donors (Lipinski definition) is 0. The molecular formula is C12H13N3O. The molecule has 2 aliphatic rings. The molecule has 0 amide bonds. The van der Waals surface area contributed by atoms with Gasteiger partial charge in [0.15, 0.2) is 0 Å². The summed E-state index contributed by atoms with van der Waals surface area (Å²) in [6, 6.07) is 8.27. The van der Waals surface area contributed by atoms with Crippen LogP contribution in [-0.2, 0) is 11.2 Å². The van der Waals surface area contributed by atoms with Crippen molar-refractivity contribution in [2.24, 2.45) is 5.11 Å². The van der Waals surface area contributed by atoms with Crippen LogP contribution in [0.1, 0.15) is 30.1 Å². The molecule has 2 heterocycles. The first-order chi connectivity index (χ1) is 7.88. The van der Waals surface area contributed by atoms with Gasteiger partial charge in [0, 0.05) is 4.91 Å². The molecule has 1 aromatic rings. The van der Waals surface area contributed by atoms with Crippen LogP contribution in [0.5, 0.6) is 0 Å². The van der Waals surface area contributed by atoms with E-state index in [0.717, 1.165) is 19.3 Å². The highest BCUT2D eigenvalue weighted by Gasteiger charge is 2.36. The third-order valence-corrected chi connectivity index (χ3v) is 3.48.